The van der Waals surface area contributed by atoms with E-state index in [-0.39, 0.29) is 5.91 Å². The van der Waals surface area contributed by atoms with Crippen LogP contribution in [0.4, 0.5) is 0 Å². The Morgan fingerprint density at radius 2 is 2.18 bits per heavy atom. The predicted octanol–water partition coefficient (Wildman–Crippen LogP) is 2.02. The second-order valence-electron chi connectivity index (χ2n) is 5.15. The highest BCUT2D eigenvalue weighted by atomic mass is 32.1. The topological polar surface area (TPSA) is 32.3 Å². The van der Waals surface area contributed by atoms with Crippen molar-refractivity contribution in [1.82, 2.24) is 10.2 Å². The van der Waals surface area contributed by atoms with E-state index in [1.165, 1.54) is 12.8 Å². The Kier molecular flexibility index (Phi) is 2.92. The maximum atomic E-state index is 12.4. The Balaban J connectivity index is 1.76. The van der Waals surface area contributed by atoms with Crippen LogP contribution in [-0.4, -0.2) is 36.0 Å². The van der Waals surface area contributed by atoms with E-state index in [0.717, 1.165) is 30.6 Å². The van der Waals surface area contributed by atoms with Crippen LogP contribution in [0.5, 0.6) is 0 Å². The van der Waals surface area contributed by atoms with Gasteiger partial charge in [0.05, 0.1) is 5.56 Å². The molecule has 3 nitrogen and oxygen atoms in total. The first-order chi connectivity index (χ1) is 8.24. The summed E-state index contributed by atoms with van der Waals surface area (Å²) in [5, 5.41) is 7.64. The molecule has 4 heteroatoms. The summed E-state index contributed by atoms with van der Waals surface area (Å²) in [6, 6.07) is 1.16. The van der Waals surface area contributed by atoms with E-state index in [2.05, 4.69) is 10.7 Å². The van der Waals surface area contributed by atoms with Gasteiger partial charge >= 0.3 is 0 Å². The fraction of sp³-hybridized carbons (Fsp3) is 0.615. The minimum absolute atomic E-state index is 0.220. The van der Waals surface area contributed by atoms with Gasteiger partial charge in [-0.05, 0) is 37.1 Å². The van der Waals surface area contributed by atoms with Gasteiger partial charge in [-0.1, -0.05) is 0 Å². The molecule has 2 bridgehead atoms. The van der Waals surface area contributed by atoms with Crippen molar-refractivity contribution in [1.29, 1.82) is 0 Å². The summed E-state index contributed by atoms with van der Waals surface area (Å²) in [7, 11) is 0. The lowest BCUT2D eigenvalue weighted by Gasteiger charge is -2.24. The average molecular weight is 250 g/mol. The molecule has 0 saturated carbocycles. The van der Waals surface area contributed by atoms with Crippen LogP contribution in [-0.2, 0) is 0 Å². The molecule has 0 aliphatic carbocycles. The number of aryl methyl sites for hydroxylation is 1. The molecule has 2 aliphatic rings. The zero-order valence-corrected chi connectivity index (χ0v) is 10.9. The monoisotopic (exact) mass is 250 g/mol. The van der Waals surface area contributed by atoms with Gasteiger partial charge in [-0.3, -0.25) is 4.79 Å². The Labute approximate surface area is 106 Å². The van der Waals surface area contributed by atoms with Crippen molar-refractivity contribution in [3.05, 3.63) is 21.9 Å². The molecule has 17 heavy (non-hydrogen) atoms. The number of likely N-dealkylation sites (tertiary alicyclic amines) is 1. The Morgan fingerprint density at radius 3 is 2.94 bits per heavy atom. The second-order valence-corrected chi connectivity index (χ2v) is 5.89. The first-order valence-electron chi connectivity index (χ1n) is 6.32. The Hall–Kier alpha value is -0.870. The molecule has 2 saturated heterocycles. The van der Waals surface area contributed by atoms with Crippen molar-refractivity contribution in [2.24, 2.45) is 0 Å². The summed E-state index contributed by atoms with van der Waals surface area (Å²) in [6.45, 7) is 3.80. The Bertz CT molecular complexity index is 429. The van der Waals surface area contributed by atoms with E-state index in [9.17, 15) is 4.79 Å². The number of carbonyl (C=O) groups excluding carboxylic acids is 1. The number of nitrogens with zero attached hydrogens (tertiary/aromatic N) is 1. The highest BCUT2D eigenvalue weighted by Crippen LogP contribution is 2.23. The molecule has 1 aromatic rings. The van der Waals surface area contributed by atoms with Crippen LogP contribution in [0.3, 0.4) is 0 Å². The first-order valence-corrected chi connectivity index (χ1v) is 7.26. The molecule has 0 aromatic carbocycles. The van der Waals surface area contributed by atoms with Crippen LogP contribution < -0.4 is 5.32 Å². The number of carbonyl (C=O) groups is 1. The summed E-state index contributed by atoms with van der Waals surface area (Å²) >= 11 is 1.62. The molecular formula is C13H18N2OS. The van der Waals surface area contributed by atoms with E-state index in [0.29, 0.717) is 12.1 Å². The van der Waals surface area contributed by atoms with Crippen LogP contribution in [0.15, 0.2) is 10.8 Å². The van der Waals surface area contributed by atoms with Gasteiger partial charge in [0.25, 0.3) is 5.91 Å². The molecule has 0 spiro atoms. The second kappa shape index (κ2) is 4.42. The smallest absolute Gasteiger partial charge is 0.255 e. The molecule has 2 atom stereocenters. The number of thiophene rings is 1. The van der Waals surface area contributed by atoms with Gasteiger partial charge in [0, 0.05) is 30.6 Å². The molecule has 3 heterocycles. The summed E-state index contributed by atoms with van der Waals surface area (Å²) in [4.78, 5) is 14.4. The van der Waals surface area contributed by atoms with Crippen LogP contribution in [0.1, 0.15) is 35.2 Å². The van der Waals surface area contributed by atoms with Gasteiger partial charge in [-0.25, -0.2) is 0 Å². The fourth-order valence-electron chi connectivity index (χ4n) is 2.88. The fourth-order valence-corrected chi connectivity index (χ4v) is 3.70. The lowest BCUT2D eigenvalue weighted by Crippen LogP contribution is -2.39. The third-order valence-electron chi connectivity index (χ3n) is 3.90. The maximum Gasteiger partial charge on any atom is 0.255 e. The lowest BCUT2D eigenvalue weighted by molar-refractivity contribution is 0.0748. The normalized spacial score (nSPS) is 28.2. The minimum Gasteiger partial charge on any atom is -0.337 e. The lowest BCUT2D eigenvalue weighted by atomic mass is 10.1. The summed E-state index contributed by atoms with van der Waals surface area (Å²) in [5.41, 5.74) is 2.01. The SMILES string of the molecule is Cc1cscc1C(=O)N1CCC2CCC(C1)N2. The number of hydrogen-bond acceptors (Lipinski definition) is 3. The largest absolute Gasteiger partial charge is 0.337 e. The first kappa shape index (κ1) is 11.2. The van der Waals surface area contributed by atoms with E-state index in [1.807, 2.05) is 17.2 Å². The van der Waals surface area contributed by atoms with E-state index < -0.39 is 0 Å². The van der Waals surface area contributed by atoms with Crippen LogP contribution in [0, 0.1) is 6.92 Å². The van der Waals surface area contributed by atoms with Gasteiger partial charge in [0.1, 0.15) is 0 Å². The van der Waals surface area contributed by atoms with E-state index in [1.54, 1.807) is 11.3 Å². The van der Waals surface area contributed by atoms with Crippen molar-refractivity contribution in [3.63, 3.8) is 0 Å². The van der Waals surface area contributed by atoms with Crippen LogP contribution >= 0.6 is 11.3 Å². The molecule has 0 radical (unpaired) electrons. The molecule has 2 aliphatic heterocycles. The highest BCUT2D eigenvalue weighted by Gasteiger charge is 2.31. The molecule has 1 N–H and O–H groups in total. The van der Waals surface area contributed by atoms with Crippen molar-refractivity contribution < 1.29 is 4.79 Å². The zero-order valence-electron chi connectivity index (χ0n) is 10.1. The van der Waals surface area contributed by atoms with E-state index in [4.69, 9.17) is 0 Å². The van der Waals surface area contributed by atoms with Crippen molar-refractivity contribution in [2.45, 2.75) is 38.3 Å². The van der Waals surface area contributed by atoms with Gasteiger partial charge in [0.2, 0.25) is 0 Å². The standard InChI is InChI=1S/C13H18N2OS/c1-9-7-17-8-12(9)13(16)15-5-4-10-2-3-11(6-15)14-10/h7-8,10-11,14H,2-6H2,1H3. The van der Waals surface area contributed by atoms with E-state index >= 15 is 0 Å². The van der Waals surface area contributed by atoms with Gasteiger partial charge in [0.15, 0.2) is 0 Å². The Morgan fingerprint density at radius 1 is 1.35 bits per heavy atom. The summed E-state index contributed by atoms with van der Waals surface area (Å²) in [6.07, 6.45) is 3.60. The molecular weight excluding hydrogens is 232 g/mol. The quantitative estimate of drug-likeness (QED) is 0.827. The molecule has 1 aromatic heterocycles. The zero-order chi connectivity index (χ0) is 11.8. The number of rotatable bonds is 1. The molecule has 2 unspecified atom stereocenters. The maximum absolute atomic E-state index is 12.4. The number of fused-ring (bicyclic) bond motifs is 2. The molecule has 92 valence electrons. The predicted molar refractivity (Wildman–Crippen MR) is 69.5 cm³/mol. The molecule has 2 fully saturated rings. The number of hydrogen-bond donors (Lipinski definition) is 1. The van der Waals surface area contributed by atoms with Crippen LogP contribution in [0.2, 0.25) is 0 Å². The minimum atomic E-state index is 0.220. The molecule has 1 amide bonds. The summed E-state index contributed by atoms with van der Waals surface area (Å²) in [5.74, 6) is 0.220. The highest BCUT2D eigenvalue weighted by molar-refractivity contribution is 7.08. The number of nitrogens with one attached hydrogen (secondary N) is 1. The van der Waals surface area contributed by atoms with Crippen molar-refractivity contribution in [2.75, 3.05) is 13.1 Å². The van der Waals surface area contributed by atoms with Crippen molar-refractivity contribution in [3.8, 4) is 0 Å². The van der Waals surface area contributed by atoms with Crippen molar-refractivity contribution >= 4 is 17.2 Å². The van der Waals surface area contributed by atoms with Gasteiger partial charge < -0.3 is 10.2 Å². The van der Waals surface area contributed by atoms with Gasteiger partial charge in [-0.15, -0.1) is 0 Å². The van der Waals surface area contributed by atoms with Crippen LogP contribution in [0.25, 0.3) is 0 Å². The molecule has 3 rings (SSSR count). The summed E-state index contributed by atoms with van der Waals surface area (Å²) < 4.78 is 0. The third kappa shape index (κ3) is 2.11. The third-order valence-corrected chi connectivity index (χ3v) is 4.76. The average Bonchev–Trinajstić information content (AvgIpc) is 2.84. The number of amides is 1. The van der Waals surface area contributed by atoms with Gasteiger partial charge in [-0.2, -0.15) is 11.3 Å².